The first-order chi connectivity index (χ1) is 11.3. The molecule has 1 fully saturated rings. The van der Waals surface area contributed by atoms with Crippen molar-refractivity contribution in [3.63, 3.8) is 0 Å². The number of methoxy groups -OCH3 is 1. The minimum Gasteiger partial charge on any atom is -0.494 e. The van der Waals surface area contributed by atoms with Gasteiger partial charge in [0, 0.05) is 0 Å². The van der Waals surface area contributed by atoms with Gasteiger partial charge in [0.05, 0.1) is 32.0 Å². The Bertz CT molecular complexity index is 451. The van der Waals surface area contributed by atoms with Crippen LogP contribution in [0.15, 0.2) is 24.3 Å². The van der Waals surface area contributed by atoms with Crippen molar-refractivity contribution in [2.45, 2.75) is 57.5 Å². The van der Waals surface area contributed by atoms with Crippen LogP contribution in [0.2, 0.25) is 0 Å². The minimum absolute atomic E-state index is 0.318. The maximum absolute atomic E-state index is 11.3. The van der Waals surface area contributed by atoms with Gasteiger partial charge in [0.2, 0.25) is 0 Å². The van der Waals surface area contributed by atoms with Crippen molar-refractivity contribution in [3.8, 4) is 5.75 Å². The number of benzene rings is 1. The Morgan fingerprint density at radius 2 is 1.65 bits per heavy atom. The Labute approximate surface area is 139 Å². The Morgan fingerprint density at radius 3 is 2.26 bits per heavy atom. The predicted molar refractivity (Wildman–Crippen MR) is 90.0 cm³/mol. The van der Waals surface area contributed by atoms with Crippen molar-refractivity contribution in [1.29, 1.82) is 0 Å². The van der Waals surface area contributed by atoms with Crippen molar-refractivity contribution in [1.82, 2.24) is 0 Å². The average molecular weight is 320 g/mol. The molecule has 0 saturated carbocycles. The Kier molecular flexibility index (Phi) is 7.95. The van der Waals surface area contributed by atoms with Crippen LogP contribution >= 0.6 is 0 Å². The smallest absolute Gasteiger partial charge is 0.337 e. The number of epoxide rings is 1. The summed E-state index contributed by atoms with van der Waals surface area (Å²) in [4.78, 5) is 11.3. The summed E-state index contributed by atoms with van der Waals surface area (Å²) in [5.41, 5.74) is 0.549. The van der Waals surface area contributed by atoms with Gasteiger partial charge in [-0.1, -0.05) is 38.5 Å². The van der Waals surface area contributed by atoms with E-state index in [9.17, 15) is 4.79 Å². The third kappa shape index (κ3) is 7.51. The molecule has 1 atom stereocenters. The van der Waals surface area contributed by atoms with Gasteiger partial charge in [-0.05, 0) is 37.1 Å². The molecule has 0 N–H and O–H groups in total. The first kappa shape index (κ1) is 17.8. The summed E-state index contributed by atoms with van der Waals surface area (Å²) in [6.45, 7) is 1.72. The summed E-state index contributed by atoms with van der Waals surface area (Å²) >= 11 is 0. The van der Waals surface area contributed by atoms with E-state index in [1.54, 1.807) is 12.1 Å². The maximum Gasteiger partial charge on any atom is 0.337 e. The van der Waals surface area contributed by atoms with E-state index in [4.69, 9.17) is 9.47 Å². The number of unbranched alkanes of at least 4 members (excludes halogenated alkanes) is 6. The van der Waals surface area contributed by atoms with E-state index in [1.165, 1.54) is 52.1 Å². The van der Waals surface area contributed by atoms with Crippen LogP contribution in [0.3, 0.4) is 0 Å². The van der Waals surface area contributed by atoms with Crippen LogP contribution in [-0.2, 0) is 9.47 Å². The Hall–Kier alpha value is -1.55. The van der Waals surface area contributed by atoms with Crippen molar-refractivity contribution in [2.24, 2.45) is 0 Å². The number of esters is 1. The van der Waals surface area contributed by atoms with Crippen LogP contribution in [0.5, 0.6) is 5.75 Å². The topological polar surface area (TPSA) is 48.1 Å². The fourth-order valence-electron chi connectivity index (χ4n) is 2.59. The lowest BCUT2D eigenvalue weighted by Crippen LogP contribution is -2.01. The first-order valence-electron chi connectivity index (χ1n) is 8.72. The highest BCUT2D eigenvalue weighted by Gasteiger charge is 2.20. The molecule has 1 aliphatic heterocycles. The minimum atomic E-state index is -0.318. The summed E-state index contributed by atoms with van der Waals surface area (Å²) < 4.78 is 15.6. The van der Waals surface area contributed by atoms with Gasteiger partial charge in [-0.3, -0.25) is 0 Å². The molecule has 4 nitrogen and oxygen atoms in total. The molecule has 1 aromatic rings. The molecule has 1 heterocycles. The lowest BCUT2D eigenvalue weighted by Gasteiger charge is -2.07. The quantitative estimate of drug-likeness (QED) is 0.326. The molecule has 1 unspecified atom stereocenters. The van der Waals surface area contributed by atoms with Gasteiger partial charge >= 0.3 is 5.97 Å². The second-order valence-electron chi connectivity index (χ2n) is 6.08. The van der Waals surface area contributed by atoms with Crippen LogP contribution in [0.1, 0.15) is 61.7 Å². The van der Waals surface area contributed by atoms with Crippen molar-refractivity contribution in [3.05, 3.63) is 29.8 Å². The third-order valence-corrected chi connectivity index (χ3v) is 4.12. The standard InChI is InChI=1S/C19H28O4/c1-21-19(20)16-10-12-17(13-11-16)22-14-8-6-4-2-3-5-7-9-18-15-23-18/h10-13,18H,2-9,14-15H2,1H3. The van der Waals surface area contributed by atoms with Crippen LogP contribution in [0.25, 0.3) is 0 Å². The largest absolute Gasteiger partial charge is 0.494 e. The molecule has 1 aromatic carbocycles. The number of hydrogen-bond acceptors (Lipinski definition) is 4. The van der Waals surface area contributed by atoms with Crippen LogP contribution in [0, 0.1) is 0 Å². The zero-order chi connectivity index (χ0) is 16.3. The van der Waals surface area contributed by atoms with Crippen LogP contribution < -0.4 is 4.74 Å². The summed E-state index contributed by atoms with van der Waals surface area (Å²) in [6.07, 6.45) is 10.7. The molecule has 0 radical (unpaired) electrons. The molecule has 0 aromatic heterocycles. The zero-order valence-corrected chi connectivity index (χ0v) is 14.1. The van der Waals surface area contributed by atoms with E-state index in [0.29, 0.717) is 11.7 Å². The predicted octanol–water partition coefficient (Wildman–Crippen LogP) is 4.37. The SMILES string of the molecule is COC(=O)c1ccc(OCCCCCCCCCC2CO2)cc1. The van der Waals surface area contributed by atoms with Crippen LogP contribution in [0.4, 0.5) is 0 Å². The average Bonchev–Trinajstić information content (AvgIpc) is 3.40. The molecule has 1 aliphatic rings. The highest BCUT2D eigenvalue weighted by molar-refractivity contribution is 5.89. The van der Waals surface area contributed by atoms with Gasteiger partial charge in [0.15, 0.2) is 0 Å². The van der Waals surface area contributed by atoms with Gasteiger partial charge in [0.1, 0.15) is 5.75 Å². The van der Waals surface area contributed by atoms with Gasteiger partial charge in [-0.15, -0.1) is 0 Å². The van der Waals surface area contributed by atoms with E-state index >= 15 is 0 Å². The lowest BCUT2D eigenvalue weighted by atomic mass is 10.1. The highest BCUT2D eigenvalue weighted by Crippen LogP contribution is 2.18. The van der Waals surface area contributed by atoms with E-state index in [0.717, 1.165) is 25.4 Å². The normalized spacial score (nSPS) is 16.1. The number of hydrogen-bond donors (Lipinski definition) is 0. The highest BCUT2D eigenvalue weighted by atomic mass is 16.6. The fourth-order valence-corrected chi connectivity index (χ4v) is 2.59. The monoisotopic (exact) mass is 320 g/mol. The molecular formula is C19H28O4. The number of rotatable bonds is 12. The third-order valence-electron chi connectivity index (χ3n) is 4.12. The summed E-state index contributed by atoms with van der Waals surface area (Å²) in [7, 11) is 1.38. The molecule has 0 spiro atoms. The lowest BCUT2D eigenvalue weighted by molar-refractivity contribution is 0.0600. The van der Waals surface area contributed by atoms with Gasteiger partial charge in [0.25, 0.3) is 0 Å². The molecule has 0 aliphatic carbocycles. The number of carbonyl (C=O) groups is 1. The van der Waals surface area contributed by atoms with Crippen molar-refractivity contribution in [2.75, 3.05) is 20.3 Å². The van der Waals surface area contributed by atoms with E-state index in [1.807, 2.05) is 12.1 Å². The Morgan fingerprint density at radius 1 is 1.04 bits per heavy atom. The van der Waals surface area contributed by atoms with Gasteiger partial charge in [-0.25, -0.2) is 4.79 Å². The van der Waals surface area contributed by atoms with E-state index in [2.05, 4.69) is 4.74 Å². The second kappa shape index (κ2) is 10.3. The number of carbonyl (C=O) groups excluding carboxylic acids is 1. The molecule has 128 valence electrons. The molecule has 0 bridgehead atoms. The Balaban J connectivity index is 1.43. The molecule has 0 amide bonds. The zero-order valence-electron chi connectivity index (χ0n) is 14.1. The maximum atomic E-state index is 11.3. The first-order valence-corrected chi connectivity index (χ1v) is 8.72. The van der Waals surface area contributed by atoms with Crippen molar-refractivity contribution >= 4 is 5.97 Å². The molecule has 1 saturated heterocycles. The molecule has 23 heavy (non-hydrogen) atoms. The van der Waals surface area contributed by atoms with E-state index in [-0.39, 0.29) is 5.97 Å². The van der Waals surface area contributed by atoms with Gasteiger partial charge in [-0.2, -0.15) is 0 Å². The fraction of sp³-hybridized carbons (Fsp3) is 0.632. The summed E-state index contributed by atoms with van der Waals surface area (Å²) in [6, 6.07) is 7.09. The number of ether oxygens (including phenoxy) is 3. The summed E-state index contributed by atoms with van der Waals surface area (Å²) in [5.74, 6) is 0.487. The second-order valence-corrected chi connectivity index (χ2v) is 6.08. The summed E-state index contributed by atoms with van der Waals surface area (Å²) in [5, 5.41) is 0. The molecule has 4 heteroatoms. The van der Waals surface area contributed by atoms with Gasteiger partial charge < -0.3 is 14.2 Å². The van der Waals surface area contributed by atoms with Crippen molar-refractivity contribution < 1.29 is 19.0 Å². The molecular weight excluding hydrogens is 292 g/mol. The van der Waals surface area contributed by atoms with Crippen LogP contribution in [-0.4, -0.2) is 32.4 Å². The molecule has 2 rings (SSSR count). The van der Waals surface area contributed by atoms with E-state index < -0.39 is 0 Å².